The molecule has 1 heterocycles. The fourth-order valence-corrected chi connectivity index (χ4v) is 6.10. The van der Waals surface area contributed by atoms with Gasteiger partial charge in [0.05, 0.1) is 6.04 Å². The van der Waals surface area contributed by atoms with Crippen LogP contribution in [0.15, 0.2) is 78.9 Å². The van der Waals surface area contributed by atoms with Gasteiger partial charge in [-0.05, 0) is 61.0 Å². The minimum Gasteiger partial charge on any atom is -0.458 e. The Morgan fingerprint density at radius 1 is 0.872 bits per heavy atom. The number of rotatable bonds is 6. The van der Waals surface area contributed by atoms with E-state index in [0.29, 0.717) is 30.1 Å². The summed E-state index contributed by atoms with van der Waals surface area (Å²) < 4.78 is 69.1. The number of hydrogen-bond acceptors (Lipinski definition) is 4. The average molecular weight is 542 g/mol. The fourth-order valence-electron chi connectivity index (χ4n) is 6.10. The lowest BCUT2D eigenvalue weighted by atomic mass is 9.82. The van der Waals surface area contributed by atoms with E-state index in [1.165, 1.54) is 35.9 Å². The van der Waals surface area contributed by atoms with Crippen molar-refractivity contribution in [3.8, 4) is 0 Å². The Bertz CT molecular complexity index is 1280. The molecule has 0 radical (unpaired) electrons. The maximum Gasteiger partial charge on any atom is 0.432 e. The Labute approximate surface area is 225 Å². The molecule has 3 aromatic carbocycles. The molecule has 0 N–H and O–H groups in total. The summed E-state index contributed by atoms with van der Waals surface area (Å²) in [6.45, 7) is 1.32. The van der Waals surface area contributed by atoms with Crippen LogP contribution in [0.4, 0.5) is 17.6 Å². The number of carbonyl (C=O) groups is 1. The molecule has 2 aliphatic rings. The molecule has 0 bridgehead atoms. The summed E-state index contributed by atoms with van der Waals surface area (Å²) in [6.07, 6.45) is -3.91. The molecule has 1 aliphatic carbocycles. The third kappa shape index (κ3) is 5.20. The predicted octanol–water partition coefficient (Wildman–Crippen LogP) is 6.19. The second kappa shape index (κ2) is 11.1. The fraction of sp³-hybridized carbons (Fsp3) is 0.387. The van der Waals surface area contributed by atoms with Gasteiger partial charge in [-0.2, -0.15) is 13.2 Å². The Morgan fingerprint density at radius 2 is 1.51 bits per heavy atom. The number of halogens is 4. The van der Waals surface area contributed by atoms with Gasteiger partial charge in [0.1, 0.15) is 11.9 Å². The van der Waals surface area contributed by atoms with Crippen molar-refractivity contribution in [2.45, 2.75) is 55.5 Å². The van der Waals surface area contributed by atoms with Crippen molar-refractivity contribution in [1.82, 2.24) is 4.90 Å². The zero-order valence-electron chi connectivity index (χ0n) is 21.7. The first-order valence-corrected chi connectivity index (χ1v) is 13.2. The van der Waals surface area contributed by atoms with Crippen molar-refractivity contribution in [1.29, 1.82) is 0 Å². The number of ether oxygens (including phenoxy) is 2. The van der Waals surface area contributed by atoms with Gasteiger partial charge in [-0.1, -0.05) is 72.8 Å². The van der Waals surface area contributed by atoms with Crippen molar-refractivity contribution in [2.75, 3.05) is 20.2 Å². The van der Waals surface area contributed by atoms with Gasteiger partial charge in [-0.25, -0.2) is 9.18 Å². The van der Waals surface area contributed by atoms with Crippen LogP contribution in [0.25, 0.3) is 0 Å². The zero-order valence-corrected chi connectivity index (χ0v) is 21.7. The Morgan fingerprint density at radius 3 is 2.13 bits per heavy atom. The summed E-state index contributed by atoms with van der Waals surface area (Å²) in [7, 11) is 0.860. The molecular formula is C31H31F4NO3. The summed E-state index contributed by atoms with van der Waals surface area (Å²) in [5.41, 5.74) is -1.22. The summed E-state index contributed by atoms with van der Waals surface area (Å²) in [5.74, 6) is -1.51. The lowest BCUT2D eigenvalue weighted by molar-refractivity contribution is -0.279. The molecule has 39 heavy (non-hydrogen) atoms. The normalized spacial score (nSPS) is 22.1. The molecule has 1 fully saturated rings. The van der Waals surface area contributed by atoms with Gasteiger partial charge in [-0.15, -0.1) is 0 Å². The number of piperidine rings is 1. The second-order valence-corrected chi connectivity index (χ2v) is 10.3. The Hall–Kier alpha value is -3.23. The van der Waals surface area contributed by atoms with Crippen LogP contribution in [0.3, 0.4) is 0 Å². The number of nitrogens with zero attached hydrogens (tertiary/aromatic N) is 1. The Balaban J connectivity index is 1.44. The molecule has 0 aromatic heterocycles. The second-order valence-electron chi connectivity index (χ2n) is 10.3. The van der Waals surface area contributed by atoms with Crippen molar-refractivity contribution in [3.63, 3.8) is 0 Å². The summed E-state index contributed by atoms with van der Waals surface area (Å²) in [4.78, 5) is 15.6. The predicted molar refractivity (Wildman–Crippen MR) is 139 cm³/mol. The van der Waals surface area contributed by atoms with E-state index in [0.717, 1.165) is 20.0 Å². The van der Waals surface area contributed by atoms with E-state index in [1.807, 2.05) is 18.2 Å². The summed E-state index contributed by atoms with van der Waals surface area (Å²) >= 11 is 0. The number of fused-ring (bicyclic) bond motifs is 1. The van der Waals surface area contributed by atoms with E-state index >= 15 is 0 Å². The van der Waals surface area contributed by atoms with Gasteiger partial charge in [0.2, 0.25) is 0 Å². The molecule has 3 atom stereocenters. The van der Waals surface area contributed by atoms with Gasteiger partial charge in [0.15, 0.2) is 0 Å². The Kier molecular flexibility index (Phi) is 7.78. The number of benzene rings is 3. The highest BCUT2D eigenvalue weighted by molar-refractivity contribution is 5.83. The largest absolute Gasteiger partial charge is 0.458 e. The van der Waals surface area contributed by atoms with Gasteiger partial charge in [0, 0.05) is 19.1 Å². The number of carbonyl (C=O) groups excluding carboxylic acids is 1. The highest BCUT2D eigenvalue weighted by Crippen LogP contribution is 2.44. The molecular weight excluding hydrogens is 510 g/mol. The molecule has 8 heteroatoms. The first-order valence-electron chi connectivity index (χ1n) is 13.2. The number of likely N-dealkylation sites (tertiary alicyclic amines) is 1. The van der Waals surface area contributed by atoms with E-state index < -0.39 is 29.9 Å². The lowest BCUT2D eigenvalue weighted by Crippen LogP contribution is -2.57. The number of hydrogen-bond donors (Lipinski definition) is 0. The van der Waals surface area contributed by atoms with Crippen LogP contribution in [0.2, 0.25) is 0 Å². The molecule has 5 rings (SSSR count). The van der Waals surface area contributed by atoms with Crippen molar-refractivity contribution >= 4 is 5.97 Å². The molecule has 1 aliphatic heterocycles. The van der Waals surface area contributed by atoms with Crippen LogP contribution in [-0.4, -0.2) is 49.4 Å². The van der Waals surface area contributed by atoms with Crippen LogP contribution in [0, 0.1) is 5.82 Å². The smallest absolute Gasteiger partial charge is 0.432 e. The standard InChI is InChI=1S/C31H31F4NO3/c1-38-30(31(33,34)35,24-12-6-3-7-13-24)29(37)39-28-19-23-11-8-14-26(32)25(23)20-27(28)36-17-15-22(16-18-36)21-9-4-2-5-10-21/h2-14,22,27-28H,15-20H2,1H3/t27-,28-,30?/m0/s1. The molecule has 0 amide bonds. The molecule has 3 aromatic rings. The van der Waals surface area contributed by atoms with Gasteiger partial charge in [0.25, 0.3) is 5.60 Å². The first-order chi connectivity index (χ1) is 18.7. The van der Waals surface area contributed by atoms with E-state index in [-0.39, 0.29) is 24.2 Å². The van der Waals surface area contributed by atoms with E-state index in [2.05, 4.69) is 17.0 Å². The maximum atomic E-state index is 14.8. The molecule has 1 unspecified atom stereocenters. The van der Waals surface area contributed by atoms with Crippen molar-refractivity contribution < 1.29 is 31.8 Å². The van der Waals surface area contributed by atoms with Crippen molar-refractivity contribution in [3.05, 3.63) is 107 Å². The van der Waals surface area contributed by atoms with E-state index in [1.54, 1.807) is 18.2 Å². The van der Waals surface area contributed by atoms with Crippen LogP contribution < -0.4 is 0 Å². The minimum atomic E-state index is -5.07. The quantitative estimate of drug-likeness (QED) is 0.276. The third-order valence-corrected chi connectivity index (χ3v) is 8.18. The van der Waals surface area contributed by atoms with Crippen LogP contribution >= 0.6 is 0 Å². The highest BCUT2D eigenvalue weighted by atomic mass is 19.4. The maximum absolute atomic E-state index is 14.8. The number of methoxy groups -OCH3 is 1. The SMILES string of the molecule is COC(C(=O)O[C@H]1Cc2cccc(F)c2C[C@@H]1N1CCC(c2ccccc2)CC1)(c1ccccc1)C(F)(F)F. The summed E-state index contributed by atoms with van der Waals surface area (Å²) in [5, 5.41) is 0. The molecule has 1 saturated heterocycles. The van der Waals surface area contributed by atoms with Crippen LogP contribution in [0.1, 0.15) is 41.0 Å². The lowest BCUT2D eigenvalue weighted by Gasteiger charge is -2.44. The topological polar surface area (TPSA) is 38.8 Å². The highest BCUT2D eigenvalue weighted by Gasteiger charge is 2.64. The van der Waals surface area contributed by atoms with Crippen molar-refractivity contribution in [2.24, 2.45) is 0 Å². The average Bonchev–Trinajstić information content (AvgIpc) is 2.94. The molecule has 0 spiro atoms. The molecule has 0 saturated carbocycles. The van der Waals surface area contributed by atoms with Gasteiger partial charge < -0.3 is 9.47 Å². The minimum absolute atomic E-state index is 0.120. The molecule has 206 valence electrons. The van der Waals surface area contributed by atoms with Gasteiger partial charge >= 0.3 is 12.1 Å². The number of alkyl halides is 3. The molecule has 4 nitrogen and oxygen atoms in total. The first kappa shape index (κ1) is 27.3. The van der Waals surface area contributed by atoms with Crippen LogP contribution in [-0.2, 0) is 32.7 Å². The third-order valence-electron chi connectivity index (χ3n) is 8.18. The summed E-state index contributed by atoms with van der Waals surface area (Å²) in [6, 6.07) is 21.2. The van der Waals surface area contributed by atoms with Gasteiger partial charge in [-0.3, -0.25) is 4.90 Å². The zero-order chi connectivity index (χ0) is 27.6. The van der Waals surface area contributed by atoms with E-state index in [4.69, 9.17) is 9.47 Å². The number of esters is 1. The monoisotopic (exact) mass is 541 g/mol. The van der Waals surface area contributed by atoms with Crippen LogP contribution in [0.5, 0.6) is 0 Å². The van der Waals surface area contributed by atoms with E-state index in [9.17, 15) is 22.4 Å².